The van der Waals surface area contributed by atoms with Crippen molar-refractivity contribution in [2.75, 3.05) is 31.6 Å². The van der Waals surface area contributed by atoms with E-state index in [-0.39, 0.29) is 5.75 Å². The van der Waals surface area contributed by atoms with Gasteiger partial charge in [-0.2, -0.15) is 8.78 Å². The van der Waals surface area contributed by atoms with Gasteiger partial charge in [0.1, 0.15) is 0 Å². The molecule has 25 heavy (non-hydrogen) atoms. The number of nitrogens with one attached hydrogen (secondary N) is 1. The number of halogens is 2. The number of hydrogen-bond acceptors (Lipinski definition) is 4. The number of anilines is 1. The number of ether oxygens (including phenoxy) is 2. The van der Waals surface area contributed by atoms with Crippen LogP contribution in [0, 0.1) is 0 Å². The van der Waals surface area contributed by atoms with E-state index in [1.165, 1.54) is 12.7 Å². The highest BCUT2D eigenvalue weighted by molar-refractivity contribution is 5.57. The highest BCUT2D eigenvalue weighted by atomic mass is 19.3. The van der Waals surface area contributed by atoms with Gasteiger partial charge in [0.15, 0.2) is 11.5 Å². The zero-order chi connectivity index (χ0) is 17.6. The van der Waals surface area contributed by atoms with Crippen molar-refractivity contribution in [1.82, 2.24) is 5.32 Å². The average molecular weight is 348 g/mol. The predicted octanol–water partition coefficient (Wildman–Crippen LogP) is 3.32. The first-order valence-electron chi connectivity index (χ1n) is 8.31. The lowest BCUT2D eigenvalue weighted by Gasteiger charge is -2.35. The van der Waals surface area contributed by atoms with Crippen LogP contribution in [0.15, 0.2) is 48.5 Å². The number of rotatable bonds is 6. The average Bonchev–Trinajstić information content (AvgIpc) is 2.62. The summed E-state index contributed by atoms with van der Waals surface area (Å²) in [6, 6.07) is 15.8. The number of benzene rings is 2. The molecule has 6 heteroatoms. The first-order chi connectivity index (χ1) is 12.2. The molecule has 0 bridgehead atoms. The lowest BCUT2D eigenvalue weighted by Crippen LogP contribution is -2.51. The van der Waals surface area contributed by atoms with E-state index >= 15 is 0 Å². The van der Waals surface area contributed by atoms with E-state index in [9.17, 15) is 8.78 Å². The number of methoxy groups -OCH3 is 1. The van der Waals surface area contributed by atoms with E-state index in [0.717, 1.165) is 31.7 Å². The highest BCUT2D eigenvalue weighted by Crippen LogP contribution is 2.33. The summed E-state index contributed by atoms with van der Waals surface area (Å²) in [5.41, 5.74) is 2.13. The van der Waals surface area contributed by atoms with Gasteiger partial charge in [-0.3, -0.25) is 0 Å². The highest BCUT2D eigenvalue weighted by Gasteiger charge is 2.21. The standard InChI is InChI=1S/C19H22F2N2O2/c1-24-17-8-7-16(12-18(17)25-19(20)21)23-10-9-22-15(13-23)11-14-5-3-2-4-6-14/h2-8,12,15,19,22H,9-11,13H2,1H3/t15-/m0/s1. The van der Waals surface area contributed by atoms with Gasteiger partial charge in [0.25, 0.3) is 0 Å². The van der Waals surface area contributed by atoms with Crippen LogP contribution in [0.3, 0.4) is 0 Å². The predicted molar refractivity (Wildman–Crippen MR) is 93.8 cm³/mol. The summed E-state index contributed by atoms with van der Waals surface area (Å²) in [5.74, 6) is 0.369. The van der Waals surface area contributed by atoms with Gasteiger partial charge in [0.05, 0.1) is 7.11 Å². The molecule has 2 aromatic carbocycles. The van der Waals surface area contributed by atoms with Crippen LogP contribution in [-0.2, 0) is 6.42 Å². The molecule has 0 saturated carbocycles. The minimum Gasteiger partial charge on any atom is -0.493 e. The Balaban J connectivity index is 1.72. The lowest BCUT2D eigenvalue weighted by atomic mass is 10.0. The third-order valence-electron chi connectivity index (χ3n) is 4.31. The molecule has 1 heterocycles. The molecule has 1 aliphatic rings. The van der Waals surface area contributed by atoms with Crippen LogP contribution in [-0.4, -0.2) is 39.4 Å². The van der Waals surface area contributed by atoms with Crippen molar-refractivity contribution in [3.8, 4) is 11.5 Å². The second-order valence-electron chi connectivity index (χ2n) is 6.00. The fourth-order valence-electron chi connectivity index (χ4n) is 3.15. The Bertz CT molecular complexity index is 682. The number of nitrogens with zero attached hydrogens (tertiary/aromatic N) is 1. The second kappa shape index (κ2) is 8.16. The van der Waals surface area contributed by atoms with Crippen LogP contribution in [0.2, 0.25) is 0 Å². The van der Waals surface area contributed by atoms with Crippen LogP contribution in [0.5, 0.6) is 11.5 Å². The zero-order valence-electron chi connectivity index (χ0n) is 14.1. The van der Waals surface area contributed by atoms with E-state index in [4.69, 9.17) is 4.74 Å². The van der Waals surface area contributed by atoms with Crippen molar-refractivity contribution in [2.45, 2.75) is 19.1 Å². The van der Waals surface area contributed by atoms with E-state index in [2.05, 4.69) is 27.1 Å². The van der Waals surface area contributed by atoms with Gasteiger partial charge in [-0.15, -0.1) is 0 Å². The van der Waals surface area contributed by atoms with Gasteiger partial charge in [-0.05, 0) is 24.1 Å². The summed E-state index contributed by atoms with van der Waals surface area (Å²) >= 11 is 0. The quantitative estimate of drug-likeness (QED) is 0.868. The fraction of sp³-hybridized carbons (Fsp3) is 0.368. The Labute approximate surface area is 146 Å². The number of hydrogen-bond donors (Lipinski definition) is 1. The van der Waals surface area contributed by atoms with Crippen molar-refractivity contribution in [3.05, 3.63) is 54.1 Å². The van der Waals surface area contributed by atoms with Crippen molar-refractivity contribution in [2.24, 2.45) is 0 Å². The minimum absolute atomic E-state index is 0.0631. The summed E-state index contributed by atoms with van der Waals surface area (Å²) in [4.78, 5) is 2.18. The maximum Gasteiger partial charge on any atom is 0.387 e. The third kappa shape index (κ3) is 4.60. The van der Waals surface area contributed by atoms with Gasteiger partial charge >= 0.3 is 6.61 Å². The van der Waals surface area contributed by atoms with Crippen LogP contribution in [0.4, 0.5) is 14.5 Å². The van der Waals surface area contributed by atoms with Gasteiger partial charge in [-0.25, -0.2) is 0 Å². The molecule has 0 amide bonds. The van der Waals surface area contributed by atoms with Gasteiger partial charge in [0, 0.05) is 37.4 Å². The molecule has 1 atom stereocenters. The molecule has 3 rings (SSSR count). The van der Waals surface area contributed by atoms with Crippen LogP contribution < -0.4 is 19.7 Å². The second-order valence-corrected chi connectivity index (χ2v) is 6.00. The summed E-state index contributed by atoms with van der Waals surface area (Å²) in [5, 5.41) is 3.52. The lowest BCUT2D eigenvalue weighted by molar-refractivity contribution is -0.0511. The molecule has 1 saturated heterocycles. The number of piperazine rings is 1. The van der Waals surface area contributed by atoms with Crippen molar-refractivity contribution < 1.29 is 18.3 Å². The summed E-state index contributed by atoms with van der Waals surface area (Å²) in [6.07, 6.45) is 0.924. The minimum atomic E-state index is -2.88. The monoisotopic (exact) mass is 348 g/mol. The molecule has 0 aromatic heterocycles. The maximum atomic E-state index is 12.6. The van der Waals surface area contributed by atoms with Gasteiger partial charge in [0.2, 0.25) is 0 Å². The molecule has 0 aliphatic carbocycles. The first-order valence-corrected chi connectivity index (χ1v) is 8.31. The Hall–Kier alpha value is -2.34. The largest absolute Gasteiger partial charge is 0.493 e. The molecule has 1 fully saturated rings. The molecule has 0 spiro atoms. The van der Waals surface area contributed by atoms with Crippen LogP contribution >= 0.6 is 0 Å². The molecule has 0 radical (unpaired) electrons. The summed E-state index contributed by atoms with van der Waals surface area (Å²) in [7, 11) is 1.44. The van der Waals surface area contributed by atoms with Crippen LogP contribution in [0.1, 0.15) is 5.56 Å². The molecule has 2 aromatic rings. The first kappa shape index (κ1) is 17.5. The Kier molecular flexibility index (Phi) is 5.71. The molecule has 134 valence electrons. The third-order valence-corrected chi connectivity index (χ3v) is 4.31. The van der Waals surface area contributed by atoms with E-state index in [0.29, 0.717) is 11.8 Å². The number of alkyl halides is 2. The summed E-state index contributed by atoms with van der Waals surface area (Å²) < 4.78 is 34.9. The SMILES string of the molecule is COc1ccc(N2CCN[C@@H](Cc3ccccc3)C2)cc1OC(F)F. The molecule has 1 aliphatic heterocycles. The Morgan fingerprint density at radius 3 is 2.68 bits per heavy atom. The molecule has 0 unspecified atom stereocenters. The smallest absolute Gasteiger partial charge is 0.387 e. The van der Waals surface area contributed by atoms with Crippen molar-refractivity contribution in [1.29, 1.82) is 0 Å². The van der Waals surface area contributed by atoms with Crippen molar-refractivity contribution in [3.63, 3.8) is 0 Å². The van der Waals surface area contributed by atoms with E-state index in [1.54, 1.807) is 12.1 Å². The van der Waals surface area contributed by atoms with Crippen molar-refractivity contribution >= 4 is 5.69 Å². The van der Waals surface area contributed by atoms with Gasteiger partial charge < -0.3 is 19.7 Å². The van der Waals surface area contributed by atoms with E-state index < -0.39 is 6.61 Å². The molecule has 1 N–H and O–H groups in total. The molecule has 4 nitrogen and oxygen atoms in total. The Morgan fingerprint density at radius 2 is 1.96 bits per heavy atom. The molecular formula is C19H22F2N2O2. The van der Waals surface area contributed by atoms with Gasteiger partial charge in [-0.1, -0.05) is 30.3 Å². The van der Waals surface area contributed by atoms with E-state index in [1.807, 2.05) is 24.3 Å². The maximum absolute atomic E-state index is 12.6. The normalized spacial score (nSPS) is 17.6. The Morgan fingerprint density at radius 1 is 1.16 bits per heavy atom. The van der Waals surface area contributed by atoms with Crippen LogP contribution in [0.25, 0.3) is 0 Å². The summed E-state index contributed by atoms with van der Waals surface area (Å²) in [6.45, 7) is -0.423. The molecular weight excluding hydrogens is 326 g/mol. The topological polar surface area (TPSA) is 33.7 Å². The fourth-order valence-corrected chi connectivity index (χ4v) is 3.15. The zero-order valence-corrected chi connectivity index (χ0v) is 14.1.